The van der Waals surface area contributed by atoms with E-state index in [4.69, 9.17) is 15.8 Å². The van der Waals surface area contributed by atoms with Gasteiger partial charge in [0.05, 0.1) is 4.90 Å². The first-order valence-electron chi connectivity index (χ1n) is 18.7. The fourth-order valence-electron chi connectivity index (χ4n) is 4.43. The van der Waals surface area contributed by atoms with Crippen molar-refractivity contribution in [3.05, 3.63) is 185 Å². The standard InChI is InChI=1S/C9H10O.C8H7ClO3S.C8H8O2.3C8H8OS.CH4.H2O.H2/c1-7-3-5-9(6-4-7)8(2)10;1-6(10)7-2-4-8(5-3-7)13(9,11)12;4*1-6(9)7-2-4-8(10)5-3-7;;;/h3-6H,1-2H3;2-5H,1H3;4*2-5,10H,1H3;1H4;1H2;1H. The van der Waals surface area contributed by atoms with Crippen LogP contribution in [-0.2, 0) is 9.05 Å². The molecule has 348 valence electrons. The molecule has 6 aromatic carbocycles. The van der Waals surface area contributed by atoms with E-state index >= 15 is 0 Å². The second-order valence-corrected chi connectivity index (χ2v) is 17.5. The predicted molar refractivity (Wildman–Crippen MR) is 272 cm³/mol. The second-order valence-electron chi connectivity index (χ2n) is 13.4. The molecular formula is C50H57ClO10S4. The minimum absolute atomic E-state index is 0. The van der Waals surface area contributed by atoms with Gasteiger partial charge in [-0.25, -0.2) is 8.42 Å². The van der Waals surface area contributed by atoms with Gasteiger partial charge < -0.3 is 10.6 Å². The largest absolute Gasteiger partial charge is 0.508 e. The fraction of sp³-hybridized carbons (Fsp3) is 0.160. The number of halogens is 1. The first-order valence-corrected chi connectivity index (χ1v) is 22.4. The molecule has 0 aliphatic rings. The van der Waals surface area contributed by atoms with E-state index in [-0.39, 0.29) is 59.7 Å². The number of carbonyl (C=O) groups is 6. The number of hydrogen-bond donors (Lipinski definition) is 4. The summed E-state index contributed by atoms with van der Waals surface area (Å²) in [5.41, 5.74) is 5.26. The molecule has 0 aliphatic carbocycles. The lowest BCUT2D eigenvalue weighted by Gasteiger charge is -1.97. The number of phenols is 1. The number of aryl methyl sites for hydroxylation is 1. The zero-order valence-electron chi connectivity index (χ0n) is 36.2. The van der Waals surface area contributed by atoms with Crippen molar-refractivity contribution < 1.29 is 49.2 Å². The van der Waals surface area contributed by atoms with Crippen molar-refractivity contribution in [3.8, 4) is 5.75 Å². The number of carbonyl (C=O) groups excluding carboxylic acids is 6. The van der Waals surface area contributed by atoms with Crippen molar-refractivity contribution in [1.29, 1.82) is 0 Å². The Morgan fingerprint density at radius 2 is 0.600 bits per heavy atom. The van der Waals surface area contributed by atoms with Crippen LogP contribution in [0.3, 0.4) is 0 Å². The average molecular weight is 982 g/mol. The smallest absolute Gasteiger partial charge is 0.261 e. The Morgan fingerprint density at radius 3 is 0.800 bits per heavy atom. The van der Waals surface area contributed by atoms with Crippen LogP contribution < -0.4 is 0 Å². The van der Waals surface area contributed by atoms with E-state index in [1.807, 2.05) is 31.2 Å². The third kappa shape index (κ3) is 26.1. The van der Waals surface area contributed by atoms with Gasteiger partial charge in [-0.1, -0.05) is 85.8 Å². The average Bonchev–Trinajstić information content (AvgIpc) is 3.22. The van der Waals surface area contributed by atoms with Crippen molar-refractivity contribution in [2.24, 2.45) is 0 Å². The molecule has 0 fully saturated rings. The van der Waals surface area contributed by atoms with Gasteiger partial charge in [-0.05, 0) is 121 Å². The van der Waals surface area contributed by atoms with Gasteiger partial charge in [-0.15, -0.1) is 37.9 Å². The van der Waals surface area contributed by atoms with Crippen molar-refractivity contribution in [2.45, 2.75) is 75.5 Å². The van der Waals surface area contributed by atoms with E-state index in [2.05, 4.69) is 37.9 Å². The molecule has 0 saturated carbocycles. The van der Waals surface area contributed by atoms with E-state index in [1.54, 1.807) is 113 Å². The summed E-state index contributed by atoms with van der Waals surface area (Å²) >= 11 is 12.3. The molecule has 0 unspecified atom stereocenters. The maximum Gasteiger partial charge on any atom is 0.261 e. The van der Waals surface area contributed by atoms with Crippen LogP contribution in [0.25, 0.3) is 0 Å². The van der Waals surface area contributed by atoms with Crippen molar-refractivity contribution in [3.63, 3.8) is 0 Å². The molecule has 0 bridgehead atoms. The van der Waals surface area contributed by atoms with Gasteiger partial charge in [0, 0.05) is 60.2 Å². The molecule has 0 saturated heterocycles. The molecule has 6 rings (SSSR count). The second kappa shape index (κ2) is 31.3. The Bertz CT molecular complexity index is 2230. The minimum Gasteiger partial charge on any atom is -0.508 e. The lowest BCUT2D eigenvalue weighted by molar-refractivity contribution is 0.100. The Hall–Kier alpha value is -5.61. The highest BCUT2D eigenvalue weighted by Gasteiger charge is 2.09. The third-order valence-corrected chi connectivity index (χ3v) is 10.4. The summed E-state index contributed by atoms with van der Waals surface area (Å²) in [4.78, 5) is 67.1. The summed E-state index contributed by atoms with van der Waals surface area (Å²) in [6, 6.07) is 40.7. The highest BCUT2D eigenvalue weighted by atomic mass is 35.7. The summed E-state index contributed by atoms with van der Waals surface area (Å²) in [7, 11) is 1.39. The SMILES string of the molecule is C.CC(=O)c1ccc(C)cc1.CC(=O)c1ccc(O)cc1.CC(=O)c1ccc(S(=O)(=O)Cl)cc1.CC(=O)c1ccc(S)cc1.CC(=O)c1ccc(S)cc1.CC(=O)c1ccc(S)cc1.O.[HH]. The minimum atomic E-state index is -3.68. The Labute approximate surface area is 404 Å². The summed E-state index contributed by atoms with van der Waals surface area (Å²) in [6.07, 6.45) is 0. The number of thiol groups is 3. The van der Waals surface area contributed by atoms with Crippen LogP contribution in [0, 0.1) is 6.92 Å². The lowest BCUT2D eigenvalue weighted by atomic mass is 10.1. The highest BCUT2D eigenvalue weighted by molar-refractivity contribution is 8.13. The first kappa shape index (κ1) is 61.5. The van der Waals surface area contributed by atoms with Gasteiger partial charge in [0.25, 0.3) is 9.05 Å². The van der Waals surface area contributed by atoms with E-state index in [1.165, 1.54) is 55.8 Å². The summed E-state index contributed by atoms with van der Waals surface area (Å²) in [5.74, 6) is 0.485. The van der Waals surface area contributed by atoms with Crippen LogP contribution in [-0.4, -0.2) is 53.7 Å². The zero-order valence-corrected chi connectivity index (χ0v) is 40.5. The quantitative estimate of drug-likeness (QED) is 0.0685. The molecule has 0 aliphatic heterocycles. The summed E-state index contributed by atoms with van der Waals surface area (Å²) in [6.45, 7) is 11.1. The highest BCUT2D eigenvalue weighted by Crippen LogP contribution is 2.16. The Morgan fingerprint density at radius 1 is 0.415 bits per heavy atom. The summed E-state index contributed by atoms with van der Waals surface area (Å²) < 4.78 is 21.6. The molecule has 3 N–H and O–H groups in total. The molecule has 10 nitrogen and oxygen atoms in total. The van der Waals surface area contributed by atoms with Crippen LogP contribution >= 0.6 is 48.6 Å². The third-order valence-electron chi connectivity index (χ3n) is 8.10. The molecule has 0 atom stereocenters. The molecule has 6 aromatic rings. The number of benzene rings is 6. The molecule has 0 aromatic heterocycles. The molecule has 0 radical (unpaired) electrons. The van der Waals surface area contributed by atoms with Gasteiger partial charge in [-0.2, -0.15) is 0 Å². The van der Waals surface area contributed by atoms with Crippen molar-refractivity contribution in [2.75, 3.05) is 0 Å². The van der Waals surface area contributed by atoms with E-state index in [0.29, 0.717) is 11.1 Å². The first-order chi connectivity index (χ1) is 29.4. The number of ketones is 6. The monoisotopic (exact) mass is 980 g/mol. The van der Waals surface area contributed by atoms with Crippen LogP contribution in [0.2, 0.25) is 0 Å². The van der Waals surface area contributed by atoms with Crippen molar-refractivity contribution in [1.82, 2.24) is 0 Å². The van der Waals surface area contributed by atoms with Gasteiger partial charge in [0.2, 0.25) is 0 Å². The van der Waals surface area contributed by atoms with Crippen LogP contribution in [0.4, 0.5) is 0 Å². The molecule has 0 heterocycles. The van der Waals surface area contributed by atoms with Gasteiger partial charge in [-0.3, -0.25) is 28.8 Å². The number of rotatable bonds is 7. The maximum absolute atomic E-state index is 10.8. The van der Waals surface area contributed by atoms with E-state index < -0.39 is 9.05 Å². The number of hydrogen-bond acceptors (Lipinski definition) is 12. The lowest BCUT2D eigenvalue weighted by Crippen LogP contribution is -1.94. The molecule has 15 heteroatoms. The topological polar surface area (TPSA) is 188 Å². The van der Waals surface area contributed by atoms with E-state index in [0.717, 1.165) is 36.9 Å². The number of phenolic OH excluding ortho intramolecular Hbond substituents is 1. The fourth-order valence-corrected chi connectivity index (χ4v) is 5.64. The molecule has 0 spiro atoms. The maximum atomic E-state index is 10.8. The van der Waals surface area contributed by atoms with Crippen molar-refractivity contribution >= 4 is 92.3 Å². The van der Waals surface area contributed by atoms with Crippen LogP contribution in [0.5, 0.6) is 5.75 Å². The Kier molecular flexibility index (Phi) is 29.6. The van der Waals surface area contributed by atoms with Crippen LogP contribution in [0.15, 0.2) is 165 Å². The summed E-state index contributed by atoms with van der Waals surface area (Å²) in [5, 5.41) is 8.83. The molecular weight excluding hydrogens is 924 g/mol. The molecule has 0 amide bonds. The normalized spacial score (nSPS) is 9.46. The van der Waals surface area contributed by atoms with E-state index in [9.17, 15) is 37.2 Å². The number of Topliss-reactive ketones (excluding diaryl/α,β-unsaturated/α-hetero) is 6. The van der Waals surface area contributed by atoms with Gasteiger partial charge in [0.1, 0.15) is 5.75 Å². The van der Waals surface area contributed by atoms with Gasteiger partial charge in [0.15, 0.2) is 34.7 Å². The predicted octanol–water partition coefficient (Wildman–Crippen LogP) is 12.2. The van der Waals surface area contributed by atoms with Crippen LogP contribution in [0.1, 0.15) is 118 Å². The van der Waals surface area contributed by atoms with Gasteiger partial charge >= 0.3 is 0 Å². The zero-order chi connectivity index (χ0) is 47.9. The molecule has 65 heavy (non-hydrogen) atoms. The Balaban J connectivity index is -0.000000717. The number of aromatic hydroxyl groups is 1.